The lowest BCUT2D eigenvalue weighted by Crippen LogP contribution is -3.10. The van der Waals surface area contributed by atoms with Crippen molar-refractivity contribution in [3.05, 3.63) is 65.2 Å². The number of aromatic carboxylic acids is 1. The van der Waals surface area contributed by atoms with Crippen molar-refractivity contribution < 1.29 is 29.8 Å². The molecule has 1 heterocycles. The van der Waals surface area contributed by atoms with Crippen molar-refractivity contribution in [2.45, 2.75) is 31.7 Å². The second kappa shape index (κ2) is 7.48. The summed E-state index contributed by atoms with van der Waals surface area (Å²) in [6, 6.07) is 12.5. The van der Waals surface area contributed by atoms with E-state index in [0.717, 1.165) is 16.2 Å². The number of rotatable bonds is 6. The lowest BCUT2D eigenvalue weighted by Gasteiger charge is -2.27. The van der Waals surface area contributed by atoms with Crippen molar-refractivity contribution in [2.75, 3.05) is 6.54 Å². The fourth-order valence-electron chi connectivity index (χ4n) is 4.05. The number of nitrogens with one attached hydrogen (secondary N) is 1. The fraction of sp³-hybridized carbons (Fsp3) is 0.273. The van der Waals surface area contributed by atoms with Crippen LogP contribution in [0.25, 0.3) is 6.08 Å². The summed E-state index contributed by atoms with van der Waals surface area (Å²) in [5.41, 5.74) is 2.26. The predicted octanol–water partition coefficient (Wildman–Crippen LogP) is 2.45. The first-order valence-corrected chi connectivity index (χ1v) is 9.14. The summed E-state index contributed by atoms with van der Waals surface area (Å²) in [5.74, 6) is -2.30. The summed E-state index contributed by atoms with van der Waals surface area (Å²) in [7, 11) is 0. The third-order valence-corrected chi connectivity index (χ3v) is 5.49. The number of carboxylic acid groups (broad SMARTS) is 2. The van der Waals surface area contributed by atoms with E-state index < -0.39 is 11.9 Å². The molecule has 0 radical (unpaired) electrons. The van der Waals surface area contributed by atoms with Crippen molar-refractivity contribution in [1.82, 2.24) is 0 Å². The van der Waals surface area contributed by atoms with E-state index in [-0.39, 0.29) is 29.2 Å². The monoisotopic (exact) mass is 382 g/mol. The topological polar surface area (TPSA) is 99.3 Å². The highest BCUT2D eigenvalue weighted by Crippen LogP contribution is 2.37. The van der Waals surface area contributed by atoms with E-state index >= 15 is 0 Å². The van der Waals surface area contributed by atoms with Crippen LogP contribution in [0.4, 0.5) is 5.69 Å². The number of aliphatic carboxylic acids is 1. The number of carbonyl (C=O) groups is 2. The molecule has 3 rings (SSSR count). The van der Waals surface area contributed by atoms with Crippen LogP contribution in [0.2, 0.25) is 0 Å². The second-order valence-corrected chi connectivity index (χ2v) is 7.57. The van der Waals surface area contributed by atoms with E-state index in [0.29, 0.717) is 12.1 Å². The summed E-state index contributed by atoms with van der Waals surface area (Å²) in [5, 5.41) is 28.6. The van der Waals surface area contributed by atoms with Crippen LogP contribution < -0.4 is 4.90 Å². The van der Waals surface area contributed by atoms with Gasteiger partial charge in [-0.05, 0) is 38.1 Å². The van der Waals surface area contributed by atoms with Gasteiger partial charge in [-0.1, -0.05) is 30.3 Å². The number of hydrogen-bond acceptors (Lipinski definition) is 3. The molecule has 1 aliphatic heterocycles. The number of benzene rings is 2. The van der Waals surface area contributed by atoms with Gasteiger partial charge in [0, 0.05) is 11.1 Å². The van der Waals surface area contributed by atoms with Crippen LogP contribution in [-0.2, 0) is 10.2 Å². The van der Waals surface area contributed by atoms with E-state index in [9.17, 15) is 19.8 Å². The molecular weight excluding hydrogens is 358 g/mol. The Balaban J connectivity index is 1.99. The van der Waals surface area contributed by atoms with Crippen LogP contribution in [0, 0.1) is 0 Å². The minimum absolute atomic E-state index is 0.0455. The highest BCUT2D eigenvalue weighted by atomic mass is 16.4. The molecular formula is C22H24NO5+. The summed E-state index contributed by atoms with van der Waals surface area (Å²) < 4.78 is 0. The SMILES string of the molecule is CC1(C)c2ccccc2[NH+](CCC(=O)O)C1/C=C/c1cccc(C(=O)O)c1O. The Labute approximate surface area is 163 Å². The number of carboxylic acids is 2. The van der Waals surface area contributed by atoms with Crippen molar-refractivity contribution >= 4 is 23.7 Å². The number of fused-ring (bicyclic) bond motifs is 1. The third kappa shape index (κ3) is 3.51. The molecule has 4 N–H and O–H groups in total. The Kier molecular flexibility index (Phi) is 5.25. The van der Waals surface area contributed by atoms with Gasteiger partial charge in [0.1, 0.15) is 23.0 Å². The van der Waals surface area contributed by atoms with Gasteiger partial charge < -0.3 is 15.3 Å². The molecule has 0 aromatic heterocycles. The number of hydrogen-bond donors (Lipinski definition) is 4. The van der Waals surface area contributed by atoms with Gasteiger partial charge in [0.05, 0.1) is 18.4 Å². The smallest absolute Gasteiger partial charge is 0.339 e. The summed E-state index contributed by atoms with van der Waals surface area (Å²) in [6.07, 6.45) is 3.71. The summed E-state index contributed by atoms with van der Waals surface area (Å²) in [4.78, 5) is 23.4. The van der Waals surface area contributed by atoms with Gasteiger partial charge in [0.15, 0.2) is 0 Å². The molecule has 2 aromatic carbocycles. The normalized spacial score (nSPS) is 20.2. The summed E-state index contributed by atoms with van der Waals surface area (Å²) in [6.45, 7) is 4.66. The molecule has 6 nitrogen and oxygen atoms in total. The van der Waals surface area contributed by atoms with Gasteiger partial charge in [0.25, 0.3) is 0 Å². The third-order valence-electron chi connectivity index (χ3n) is 5.49. The molecule has 0 fully saturated rings. The maximum atomic E-state index is 11.2. The largest absolute Gasteiger partial charge is 0.506 e. The van der Waals surface area contributed by atoms with Crippen molar-refractivity contribution in [3.63, 3.8) is 0 Å². The zero-order chi connectivity index (χ0) is 20.5. The quantitative estimate of drug-likeness (QED) is 0.615. The van der Waals surface area contributed by atoms with Gasteiger partial charge in [-0.25, -0.2) is 4.79 Å². The van der Waals surface area contributed by atoms with Crippen LogP contribution in [0.5, 0.6) is 5.75 Å². The lowest BCUT2D eigenvalue weighted by molar-refractivity contribution is -0.849. The molecule has 2 aromatic rings. The maximum absolute atomic E-state index is 11.2. The van der Waals surface area contributed by atoms with E-state index in [1.807, 2.05) is 24.3 Å². The first-order chi connectivity index (χ1) is 13.2. The van der Waals surface area contributed by atoms with Crippen molar-refractivity contribution in [1.29, 1.82) is 0 Å². The van der Waals surface area contributed by atoms with Gasteiger partial charge in [-0.15, -0.1) is 0 Å². The number of phenols is 1. The van der Waals surface area contributed by atoms with Crippen LogP contribution in [0.1, 0.15) is 41.8 Å². The highest BCUT2D eigenvalue weighted by molar-refractivity contribution is 5.92. The van der Waals surface area contributed by atoms with E-state index in [2.05, 4.69) is 19.9 Å². The first-order valence-electron chi connectivity index (χ1n) is 9.14. The Morgan fingerprint density at radius 1 is 1.11 bits per heavy atom. The average Bonchev–Trinajstić information content (AvgIpc) is 2.86. The van der Waals surface area contributed by atoms with Gasteiger partial charge in [0.2, 0.25) is 0 Å². The number of para-hydroxylation sites is 2. The first kappa shape index (κ1) is 19.6. The molecule has 2 atom stereocenters. The Morgan fingerprint density at radius 2 is 1.82 bits per heavy atom. The zero-order valence-corrected chi connectivity index (χ0v) is 15.8. The van der Waals surface area contributed by atoms with E-state index in [1.54, 1.807) is 18.2 Å². The van der Waals surface area contributed by atoms with Gasteiger partial charge >= 0.3 is 11.9 Å². The maximum Gasteiger partial charge on any atom is 0.339 e. The van der Waals surface area contributed by atoms with Gasteiger partial charge in [-0.2, -0.15) is 0 Å². The highest BCUT2D eigenvalue weighted by Gasteiger charge is 2.47. The average molecular weight is 382 g/mol. The Bertz CT molecular complexity index is 948. The van der Waals surface area contributed by atoms with E-state index in [1.165, 1.54) is 6.07 Å². The number of aromatic hydroxyl groups is 1. The van der Waals surface area contributed by atoms with E-state index in [4.69, 9.17) is 5.11 Å². The van der Waals surface area contributed by atoms with Crippen LogP contribution in [-0.4, -0.2) is 39.8 Å². The van der Waals surface area contributed by atoms with Gasteiger partial charge in [-0.3, -0.25) is 9.69 Å². The zero-order valence-electron chi connectivity index (χ0n) is 15.8. The fourth-order valence-corrected chi connectivity index (χ4v) is 4.05. The standard InChI is InChI=1S/C22H23NO5/c1-22(2)16-8-3-4-9-17(16)23(13-12-19(24)25)18(22)11-10-14-6-5-7-15(20(14)26)21(27)28/h3-11,18,26H,12-13H2,1-2H3,(H,24,25)(H,27,28)/p+1/b11-10+. The van der Waals surface area contributed by atoms with Crippen LogP contribution in [0.3, 0.4) is 0 Å². The molecule has 146 valence electrons. The van der Waals surface area contributed by atoms with Crippen molar-refractivity contribution in [3.8, 4) is 5.75 Å². The molecule has 0 spiro atoms. The Morgan fingerprint density at radius 3 is 2.50 bits per heavy atom. The van der Waals surface area contributed by atoms with Crippen LogP contribution in [0.15, 0.2) is 48.5 Å². The molecule has 6 heteroatoms. The van der Waals surface area contributed by atoms with Crippen LogP contribution >= 0.6 is 0 Å². The molecule has 1 aliphatic rings. The Hall–Kier alpha value is -3.12. The molecule has 0 amide bonds. The molecule has 0 saturated carbocycles. The number of quaternary nitrogens is 1. The molecule has 2 unspecified atom stereocenters. The van der Waals surface area contributed by atoms with Crippen molar-refractivity contribution in [2.24, 2.45) is 0 Å². The molecule has 0 bridgehead atoms. The molecule has 28 heavy (non-hydrogen) atoms. The molecule has 0 aliphatic carbocycles. The predicted molar refractivity (Wildman–Crippen MR) is 105 cm³/mol. The molecule has 0 saturated heterocycles. The minimum atomic E-state index is -1.19. The minimum Gasteiger partial charge on any atom is -0.506 e. The summed E-state index contributed by atoms with van der Waals surface area (Å²) >= 11 is 0. The lowest BCUT2D eigenvalue weighted by atomic mass is 9.80. The second-order valence-electron chi connectivity index (χ2n) is 7.57.